The molecule has 104 valence electrons. The summed E-state index contributed by atoms with van der Waals surface area (Å²) in [6, 6.07) is 17.8. The van der Waals surface area contributed by atoms with Crippen LogP contribution in [-0.4, -0.2) is 12.4 Å². The van der Waals surface area contributed by atoms with Crippen molar-refractivity contribution >= 4 is 12.6 Å². The lowest BCUT2D eigenvalue weighted by Crippen LogP contribution is -1.96. The highest BCUT2D eigenvalue weighted by Crippen LogP contribution is 2.18. The highest BCUT2D eigenvalue weighted by Gasteiger charge is 1.97. The molecule has 3 heteroatoms. The van der Waals surface area contributed by atoms with Crippen molar-refractivity contribution in [3.05, 3.63) is 72.3 Å². The fourth-order valence-electron chi connectivity index (χ4n) is 1.66. The van der Waals surface area contributed by atoms with Gasteiger partial charge in [0, 0.05) is 5.75 Å². The molecule has 20 heavy (non-hydrogen) atoms. The molecule has 2 nitrogen and oxygen atoms in total. The van der Waals surface area contributed by atoms with Crippen molar-refractivity contribution in [1.82, 2.24) is 0 Å². The second-order valence-electron chi connectivity index (χ2n) is 4.21. The zero-order valence-corrected chi connectivity index (χ0v) is 12.1. The highest BCUT2D eigenvalue weighted by atomic mass is 32.1. The van der Waals surface area contributed by atoms with Gasteiger partial charge in [-0.05, 0) is 29.8 Å². The van der Waals surface area contributed by atoms with E-state index in [-0.39, 0.29) is 0 Å². The van der Waals surface area contributed by atoms with Crippen LogP contribution in [0.3, 0.4) is 0 Å². The third-order valence-corrected chi connectivity index (χ3v) is 2.90. The topological polar surface area (TPSA) is 18.5 Å². The summed E-state index contributed by atoms with van der Waals surface area (Å²) in [4.78, 5) is 0. The van der Waals surface area contributed by atoms with E-state index in [0.717, 1.165) is 22.8 Å². The Morgan fingerprint density at radius 3 is 2.10 bits per heavy atom. The molecule has 0 saturated carbocycles. The second kappa shape index (κ2) is 8.33. The van der Waals surface area contributed by atoms with Crippen molar-refractivity contribution in [1.29, 1.82) is 0 Å². The minimum absolute atomic E-state index is 0.560. The van der Waals surface area contributed by atoms with Crippen LogP contribution in [0.5, 0.6) is 11.5 Å². The maximum atomic E-state index is 5.71. The molecule has 0 fully saturated rings. The summed E-state index contributed by atoms with van der Waals surface area (Å²) in [6.45, 7) is 1.14. The molecule has 0 unspecified atom stereocenters. The maximum absolute atomic E-state index is 5.71. The van der Waals surface area contributed by atoms with E-state index in [1.54, 1.807) is 0 Å². The Morgan fingerprint density at radius 2 is 1.45 bits per heavy atom. The van der Waals surface area contributed by atoms with E-state index in [0.29, 0.717) is 13.2 Å². The molecule has 0 heterocycles. The normalized spacial score (nSPS) is 10.7. The Hall–Kier alpha value is -1.87. The molecular weight excluding hydrogens is 268 g/mol. The molecule has 0 saturated heterocycles. The van der Waals surface area contributed by atoms with E-state index < -0.39 is 0 Å². The van der Waals surface area contributed by atoms with Crippen molar-refractivity contribution < 1.29 is 9.47 Å². The molecule has 0 N–H and O–H groups in total. The third kappa shape index (κ3) is 5.02. The Kier molecular flexibility index (Phi) is 6.06. The molecular formula is C17H18O2S. The number of hydrogen-bond donors (Lipinski definition) is 1. The number of rotatable bonds is 7. The zero-order valence-electron chi connectivity index (χ0n) is 11.2. The quantitative estimate of drug-likeness (QED) is 0.609. The fraction of sp³-hybridized carbons (Fsp3) is 0.176. The first-order valence-corrected chi connectivity index (χ1v) is 7.17. The zero-order chi connectivity index (χ0) is 14.0. The number of ether oxygens (including phenoxy) is 2. The molecule has 0 spiro atoms. The van der Waals surface area contributed by atoms with E-state index in [1.165, 1.54) is 0 Å². The number of thiol groups is 1. The number of hydrogen-bond acceptors (Lipinski definition) is 3. The van der Waals surface area contributed by atoms with Gasteiger partial charge in [-0.3, -0.25) is 0 Å². The van der Waals surface area contributed by atoms with E-state index in [1.807, 2.05) is 66.7 Å². The summed E-state index contributed by atoms with van der Waals surface area (Å²) in [7, 11) is 0. The van der Waals surface area contributed by atoms with E-state index >= 15 is 0 Å². The monoisotopic (exact) mass is 286 g/mol. The van der Waals surface area contributed by atoms with Gasteiger partial charge >= 0.3 is 0 Å². The lowest BCUT2D eigenvalue weighted by Gasteiger charge is -2.07. The Balaban J connectivity index is 1.81. The maximum Gasteiger partial charge on any atom is 0.120 e. The van der Waals surface area contributed by atoms with Crippen LogP contribution in [0, 0.1) is 0 Å². The first kappa shape index (κ1) is 14.5. The van der Waals surface area contributed by atoms with Crippen LogP contribution in [0.1, 0.15) is 5.56 Å². The molecule has 0 radical (unpaired) electrons. The average Bonchev–Trinajstić information content (AvgIpc) is 2.52. The largest absolute Gasteiger partial charge is 0.490 e. The molecule has 0 aliphatic rings. The van der Waals surface area contributed by atoms with Gasteiger partial charge in [-0.2, -0.15) is 12.6 Å². The summed E-state index contributed by atoms with van der Waals surface area (Å²) in [6.07, 6.45) is 3.91. The van der Waals surface area contributed by atoms with Gasteiger partial charge in [0.25, 0.3) is 0 Å². The Bertz CT molecular complexity index is 520. The molecule has 0 amide bonds. The van der Waals surface area contributed by atoms with E-state index in [9.17, 15) is 0 Å². The van der Waals surface area contributed by atoms with Crippen LogP contribution in [-0.2, 0) is 6.61 Å². The molecule has 2 aromatic carbocycles. The molecule has 0 aliphatic heterocycles. The lowest BCUT2D eigenvalue weighted by molar-refractivity contribution is 0.305. The summed E-state index contributed by atoms with van der Waals surface area (Å²) in [5.74, 6) is 2.41. The third-order valence-electron chi connectivity index (χ3n) is 2.69. The minimum Gasteiger partial charge on any atom is -0.490 e. The van der Waals surface area contributed by atoms with Gasteiger partial charge in [-0.25, -0.2) is 0 Å². The van der Waals surface area contributed by atoms with Gasteiger partial charge in [0.1, 0.15) is 24.7 Å². The van der Waals surface area contributed by atoms with Gasteiger partial charge in [0.2, 0.25) is 0 Å². The van der Waals surface area contributed by atoms with Crippen molar-refractivity contribution in [2.45, 2.75) is 6.61 Å². The van der Waals surface area contributed by atoms with E-state index in [2.05, 4.69) is 12.6 Å². The van der Waals surface area contributed by atoms with Crippen LogP contribution < -0.4 is 9.47 Å². The average molecular weight is 286 g/mol. The van der Waals surface area contributed by atoms with Crippen molar-refractivity contribution in [2.24, 2.45) is 0 Å². The van der Waals surface area contributed by atoms with Crippen molar-refractivity contribution in [3.8, 4) is 11.5 Å². The first-order valence-electron chi connectivity index (χ1n) is 6.54. The minimum atomic E-state index is 0.560. The first-order chi connectivity index (χ1) is 9.88. The van der Waals surface area contributed by atoms with Crippen LogP contribution in [0.25, 0.3) is 0 Å². The summed E-state index contributed by atoms with van der Waals surface area (Å²) in [5, 5.41) is 0. The summed E-state index contributed by atoms with van der Waals surface area (Å²) in [5.41, 5.74) is 1.16. The van der Waals surface area contributed by atoms with Gasteiger partial charge in [0.15, 0.2) is 0 Å². The lowest BCUT2D eigenvalue weighted by atomic mass is 10.2. The van der Waals surface area contributed by atoms with Gasteiger partial charge in [-0.1, -0.05) is 42.5 Å². The van der Waals surface area contributed by atoms with Gasteiger partial charge in [0.05, 0.1) is 0 Å². The van der Waals surface area contributed by atoms with Crippen LogP contribution >= 0.6 is 12.6 Å². The molecule has 0 bridgehead atoms. The highest BCUT2D eigenvalue weighted by molar-refractivity contribution is 7.80. The molecule has 0 aliphatic carbocycles. The fourth-order valence-corrected chi connectivity index (χ4v) is 1.81. The smallest absolute Gasteiger partial charge is 0.120 e. The van der Waals surface area contributed by atoms with Crippen molar-refractivity contribution in [3.63, 3.8) is 0 Å². The van der Waals surface area contributed by atoms with Gasteiger partial charge in [-0.15, -0.1) is 0 Å². The predicted molar refractivity (Wildman–Crippen MR) is 85.7 cm³/mol. The summed E-state index contributed by atoms with van der Waals surface area (Å²) < 4.78 is 11.3. The number of benzene rings is 2. The Labute approximate surface area is 125 Å². The van der Waals surface area contributed by atoms with E-state index in [4.69, 9.17) is 9.47 Å². The molecule has 0 aromatic heterocycles. The standard InChI is InChI=1S/C17H18O2S/c20-13-5-4-12-18-16-8-10-17(11-9-16)19-14-15-6-2-1-3-7-15/h1-11,20H,12-14H2/b5-4+. The predicted octanol–water partition coefficient (Wildman–Crippen LogP) is 4.13. The van der Waals surface area contributed by atoms with Crippen LogP contribution in [0.2, 0.25) is 0 Å². The Morgan fingerprint density at radius 1 is 0.800 bits per heavy atom. The van der Waals surface area contributed by atoms with Gasteiger partial charge < -0.3 is 9.47 Å². The van der Waals surface area contributed by atoms with Crippen LogP contribution in [0.15, 0.2) is 66.7 Å². The molecule has 2 aromatic rings. The van der Waals surface area contributed by atoms with Crippen LogP contribution in [0.4, 0.5) is 0 Å². The SMILES string of the molecule is SC/C=C/COc1ccc(OCc2ccccc2)cc1. The molecule has 0 atom stereocenters. The van der Waals surface area contributed by atoms with Crippen molar-refractivity contribution in [2.75, 3.05) is 12.4 Å². The second-order valence-corrected chi connectivity index (χ2v) is 4.58. The molecule has 2 rings (SSSR count). The summed E-state index contributed by atoms with van der Waals surface area (Å²) >= 11 is 4.09.